The second-order valence-corrected chi connectivity index (χ2v) is 11.4. The third-order valence-corrected chi connectivity index (χ3v) is 8.69. The fourth-order valence-electron chi connectivity index (χ4n) is 5.39. The Morgan fingerprint density at radius 2 is 1.85 bits per heavy atom. The van der Waals surface area contributed by atoms with Crippen molar-refractivity contribution in [2.45, 2.75) is 55.5 Å². The fraction of sp³-hybridized carbons (Fsp3) is 0.379. The highest BCUT2D eigenvalue weighted by Gasteiger charge is 2.37. The molecule has 202 valence electrons. The minimum absolute atomic E-state index is 0.0220. The summed E-state index contributed by atoms with van der Waals surface area (Å²) >= 11 is 7.85. The van der Waals surface area contributed by atoms with Crippen molar-refractivity contribution in [3.05, 3.63) is 76.0 Å². The van der Waals surface area contributed by atoms with E-state index in [0.717, 1.165) is 61.2 Å². The van der Waals surface area contributed by atoms with E-state index < -0.39 is 0 Å². The molecule has 1 saturated heterocycles. The number of likely N-dealkylation sites (tertiary alicyclic amines) is 1. The number of carbonyl (C=O) groups excluding carboxylic acids is 2. The number of amides is 1. The minimum atomic E-state index is -0.379. The summed E-state index contributed by atoms with van der Waals surface area (Å²) in [5.41, 5.74) is 3.60. The van der Waals surface area contributed by atoms with Crippen LogP contribution in [0.3, 0.4) is 0 Å². The van der Waals surface area contributed by atoms with Crippen LogP contribution in [0.15, 0.2) is 65.0 Å². The van der Waals surface area contributed by atoms with Crippen molar-refractivity contribution < 1.29 is 14.3 Å². The number of halogens is 1. The number of nitrogens with zero attached hydrogens (tertiary/aromatic N) is 4. The summed E-state index contributed by atoms with van der Waals surface area (Å²) in [7, 11) is 0. The molecule has 10 heteroatoms. The molecule has 3 aliphatic rings. The second kappa shape index (κ2) is 11.4. The Bertz CT molecular complexity index is 1410. The van der Waals surface area contributed by atoms with E-state index in [0.29, 0.717) is 34.1 Å². The van der Waals surface area contributed by atoms with Crippen molar-refractivity contribution in [2.24, 2.45) is 0 Å². The average Bonchev–Trinajstić information content (AvgIpc) is 3.38. The van der Waals surface area contributed by atoms with Gasteiger partial charge in [-0.3, -0.25) is 9.59 Å². The molecule has 1 aromatic heterocycles. The number of anilines is 1. The van der Waals surface area contributed by atoms with Crippen LogP contribution in [0, 0.1) is 0 Å². The maximum Gasteiger partial charge on any atom is 0.260 e. The Morgan fingerprint density at radius 1 is 1.05 bits per heavy atom. The number of aromatic nitrogens is 3. The molecule has 0 bridgehead atoms. The first-order valence-corrected chi connectivity index (χ1v) is 14.8. The number of hydrogen-bond donors (Lipinski definition) is 1. The largest absolute Gasteiger partial charge is 0.484 e. The van der Waals surface area contributed by atoms with Gasteiger partial charge in [0.2, 0.25) is 11.1 Å². The van der Waals surface area contributed by atoms with Gasteiger partial charge in [-0.2, -0.15) is 4.98 Å². The number of ketones is 1. The number of carbonyl (C=O) groups is 2. The molecule has 1 N–H and O–H groups in total. The Labute approximate surface area is 236 Å². The smallest absolute Gasteiger partial charge is 0.260 e. The number of benzene rings is 2. The van der Waals surface area contributed by atoms with Crippen molar-refractivity contribution in [2.75, 3.05) is 25.0 Å². The maximum atomic E-state index is 13.1. The number of Topliss-reactive ketones (excluding diaryl/α,β-unsaturated/α-hetero) is 1. The van der Waals surface area contributed by atoms with Gasteiger partial charge in [-0.05, 0) is 61.4 Å². The lowest BCUT2D eigenvalue weighted by atomic mass is 9.85. The second-order valence-electron chi connectivity index (χ2n) is 10.0. The lowest BCUT2D eigenvalue weighted by Gasteiger charge is -2.32. The molecule has 0 radical (unpaired) electrons. The lowest BCUT2D eigenvalue weighted by molar-refractivity contribution is -0.134. The van der Waals surface area contributed by atoms with Gasteiger partial charge in [0.1, 0.15) is 11.8 Å². The lowest BCUT2D eigenvalue weighted by Crippen LogP contribution is -2.38. The number of piperidine rings is 1. The molecule has 1 amide bonds. The van der Waals surface area contributed by atoms with E-state index in [1.165, 1.54) is 18.2 Å². The van der Waals surface area contributed by atoms with Crippen molar-refractivity contribution in [3.63, 3.8) is 0 Å². The fourth-order valence-corrected chi connectivity index (χ4v) is 6.50. The number of ether oxygens (including phenoxy) is 1. The quantitative estimate of drug-likeness (QED) is 0.372. The molecule has 1 fully saturated rings. The first-order valence-electron chi connectivity index (χ1n) is 13.4. The van der Waals surface area contributed by atoms with Crippen LogP contribution in [0.5, 0.6) is 5.75 Å². The third kappa shape index (κ3) is 5.56. The van der Waals surface area contributed by atoms with E-state index >= 15 is 0 Å². The molecule has 2 aliphatic heterocycles. The molecule has 1 aliphatic carbocycles. The molecule has 2 aromatic carbocycles. The molecular formula is C29H30ClN5O3S. The molecular weight excluding hydrogens is 534 g/mol. The summed E-state index contributed by atoms with van der Waals surface area (Å²) in [4.78, 5) is 32.3. The number of thioether (sulfide) groups is 1. The molecule has 8 nitrogen and oxygen atoms in total. The Hall–Kier alpha value is -3.30. The van der Waals surface area contributed by atoms with Gasteiger partial charge in [-0.15, -0.1) is 5.10 Å². The van der Waals surface area contributed by atoms with Gasteiger partial charge < -0.3 is 15.0 Å². The zero-order valence-corrected chi connectivity index (χ0v) is 23.1. The van der Waals surface area contributed by atoms with E-state index in [9.17, 15) is 9.59 Å². The minimum Gasteiger partial charge on any atom is -0.484 e. The number of hydrogen-bond acceptors (Lipinski definition) is 7. The number of rotatable bonds is 7. The topological polar surface area (TPSA) is 89.4 Å². The van der Waals surface area contributed by atoms with Crippen molar-refractivity contribution >= 4 is 41.0 Å². The van der Waals surface area contributed by atoms with Crippen LogP contribution in [0.2, 0.25) is 5.02 Å². The Kier molecular flexibility index (Phi) is 7.61. The molecule has 6 rings (SSSR count). The number of fused-ring (bicyclic) bond motifs is 1. The standard InChI is InChI=1S/C29H30ClN5O3S/c30-22-8-3-2-7-20(22)18-39-29-32-28-31-23-9-6-10-24(36)26(23)27(35(28)33-29)19-11-13-21(14-12-19)38-17-25(37)34-15-4-1-5-16-34/h2-3,7-8,11-14,27H,1,4-6,9-10,15-18H2,(H,31,32,33). The summed E-state index contributed by atoms with van der Waals surface area (Å²) in [5.74, 6) is 2.04. The van der Waals surface area contributed by atoms with Crippen molar-refractivity contribution in [1.82, 2.24) is 19.7 Å². The first kappa shape index (κ1) is 26.0. The van der Waals surface area contributed by atoms with Crippen LogP contribution in [-0.4, -0.2) is 51.1 Å². The zero-order valence-electron chi connectivity index (χ0n) is 21.6. The average molecular weight is 564 g/mol. The number of nitrogens with one attached hydrogen (secondary N) is 1. The van der Waals surface area contributed by atoms with E-state index in [-0.39, 0.29) is 24.3 Å². The number of allylic oxidation sites excluding steroid dienone is 2. The highest BCUT2D eigenvalue weighted by atomic mass is 35.5. The summed E-state index contributed by atoms with van der Waals surface area (Å²) in [5, 5.41) is 9.52. The predicted molar refractivity (Wildman–Crippen MR) is 151 cm³/mol. The monoisotopic (exact) mass is 563 g/mol. The molecule has 0 saturated carbocycles. The van der Waals surface area contributed by atoms with Gasteiger partial charge in [0.05, 0.1) is 0 Å². The SMILES string of the molecule is O=C1CCCC2=C1C(c1ccc(OCC(=O)N3CCCCC3)cc1)n1nc(SCc3ccccc3Cl)nc1N2. The summed E-state index contributed by atoms with van der Waals surface area (Å²) in [6.45, 7) is 1.64. The molecule has 3 aromatic rings. The van der Waals surface area contributed by atoms with Gasteiger partial charge in [-0.25, -0.2) is 4.68 Å². The molecule has 0 spiro atoms. The Morgan fingerprint density at radius 3 is 2.64 bits per heavy atom. The summed E-state index contributed by atoms with van der Waals surface area (Å²) in [6, 6.07) is 15.0. The predicted octanol–water partition coefficient (Wildman–Crippen LogP) is 5.64. The van der Waals surface area contributed by atoms with E-state index in [1.807, 2.05) is 58.1 Å². The van der Waals surface area contributed by atoms with E-state index in [4.69, 9.17) is 26.4 Å². The van der Waals surface area contributed by atoms with Crippen LogP contribution in [-0.2, 0) is 15.3 Å². The van der Waals surface area contributed by atoms with E-state index in [1.54, 1.807) is 0 Å². The molecule has 3 heterocycles. The molecule has 39 heavy (non-hydrogen) atoms. The summed E-state index contributed by atoms with van der Waals surface area (Å²) < 4.78 is 7.63. The maximum absolute atomic E-state index is 13.1. The van der Waals surface area contributed by atoms with Gasteiger partial charge >= 0.3 is 0 Å². The highest BCUT2D eigenvalue weighted by molar-refractivity contribution is 7.98. The first-order chi connectivity index (χ1) is 19.1. The normalized spacial score (nSPS) is 18.8. The van der Waals surface area contributed by atoms with Gasteiger partial charge in [0.15, 0.2) is 12.4 Å². The van der Waals surface area contributed by atoms with Crippen LogP contribution in [0.1, 0.15) is 55.7 Å². The van der Waals surface area contributed by atoms with Gasteiger partial charge in [-0.1, -0.05) is 53.7 Å². The van der Waals surface area contributed by atoms with Crippen LogP contribution in [0.4, 0.5) is 5.95 Å². The van der Waals surface area contributed by atoms with Gasteiger partial charge in [0, 0.05) is 41.6 Å². The van der Waals surface area contributed by atoms with Crippen LogP contribution < -0.4 is 10.1 Å². The molecule has 1 unspecified atom stereocenters. The Balaban J connectivity index is 1.22. The summed E-state index contributed by atoms with van der Waals surface area (Å²) in [6.07, 6.45) is 5.42. The third-order valence-electron chi connectivity index (χ3n) is 7.43. The molecule has 1 atom stereocenters. The van der Waals surface area contributed by atoms with E-state index in [2.05, 4.69) is 5.32 Å². The van der Waals surface area contributed by atoms with Gasteiger partial charge in [0.25, 0.3) is 5.91 Å². The van der Waals surface area contributed by atoms with Crippen LogP contribution >= 0.6 is 23.4 Å². The zero-order chi connectivity index (χ0) is 26.8. The van der Waals surface area contributed by atoms with Crippen molar-refractivity contribution in [3.8, 4) is 5.75 Å². The van der Waals surface area contributed by atoms with Crippen LogP contribution in [0.25, 0.3) is 0 Å². The van der Waals surface area contributed by atoms with Crippen molar-refractivity contribution in [1.29, 1.82) is 0 Å². The highest BCUT2D eigenvalue weighted by Crippen LogP contribution is 2.41.